The summed E-state index contributed by atoms with van der Waals surface area (Å²) in [6.45, 7) is 1.21. The van der Waals surface area contributed by atoms with Gasteiger partial charge in [0.05, 0.1) is 89.3 Å². The minimum Gasteiger partial charge on any atom is -0.497 e. The zero-order valence-electron chi connectivity index (χ0n) is 32.6. The lowest BCUT2D eigenvalue weighted by atomic mass is 10.1. The average molecular weight is 801 g/mol. The summed E-state index contributed by atoms with van der Waals surface area (Å²) in [5.41, 5.74) is 2.61. The summed E-state index contributed by atoms with van der Waals surface area (Å²) in [6.07, 6.45) is 0.0640. The summed E-state index contributed by atoms with van der Waals surface area (Å²) < 4.78 is 56.2. The van der Waals surface area contributed by atoms with E-state index in [1.807, 2.05) is 24.3 Å². The molecule has 0 radical (unpaired) electrons. The second-order valence-corrected chi connectivity index (χ2v) is 12.8. The van der Waals surface area contributed by atoms with Crippen LogP contribution in [0.3, 0.4) is 0 Å². The molecule has 58 heavy (non-hydrogen) atoms. The number of esters is 4. The Morgan fingerprint density at radius 3 is 0.828 bits per heavy atom. The van der Waals surface area contributed by atoms with Crippen molar-refractivity contribution in [2.75, 3.05) is 67.1 Å². The number of methoxy groups -OCH3 is 2. The third kappa shape index (κ3) is 13.7. The first kappa shape index (κ1) is 43.3. The Kier molecular flexibility index (Phi) is 17.5. The number of carbonyl (C=O) groups is 4. The van der Waals surface area contributed by atoms with Gasteiger partial charge in [0.2, 0.25) is 0 Å². The fourth-order valence-electron chi connectivity index (χ4n) is 5.48. The molecule has 0 aliphatic carbocycles. The van der Waals surface area contributed by atoms with Gasteiger partial charge < -0.3 is 47.4 Å². The van der Waals surface area contributed by atoms with Crippen molar-refractivity contribution in [3.8, 4) is 11.5 Å². The summed E-state index contributed by atoms with van der Waals surface area (Å²) in [5.74, 6) is -0.830. The molecule has 4 bridgehead atoms. The van der Waals surface area contributed by atoms with E-state index in [4.69, 9.17) is 47.4 Å². The number of hydrogen-bond donors (Lipinski definition) is 0. The molecule has 14 nitrogen and oxygen atoms in total. The quantitative estimate of drug-likeness (QED) is 0.152. The number of carbonyl (C=O) groups excluding carboxylic acids is 4. The van der Waals surface area contributed by atoms with Crippen molar-refractivity contribution < 1.29 is 66.5 Å². The standard InChI is InChI=1S/C44H48O14/c1-49-37-19-15-35(16-20-37)43-55-27-3-23-51-39(45)31-7-11-33(12-8-31)41(47)53-25-5-29-57-44(36-17-21-38(50-2)22-18-36)58-30-6-26-54-42(48)34-13-9-32(10-14-34)40(46)52-24-4-28-56-43/h7-22,43-44H,3-6,23-30H2,1-2H3. The normalized spacial score (nSPS) is 19.1. The third-order valence-electron chi connectivity index (χ3n) is 8.65. The zero-order chi connectivity index (χ0) is 41.0. The molecule has 0 unspecified atom stereocenters. The molecule has 0 amide bonds. The van der Waals surface area contributed by atoms with Gasteiger partial charge in [-0.25, -0.2) is 19.2 Å². The molecular weight excluding hydrogens is 752 g/mol. The molecule has 0 fully saturated rings. The van der Waals surface area contributed by atoms with Crippen molar-refractivity contribution in [1.29, 1.82) is 0 Å². The van der Waals surface area contributed by atoms with E-state index in [9.17, 15) is 19.2 Å². The van der Waals surface area contributed by atoms with Gasteiger partial charge in [0.25, 0.3) is 0 Å². The molecule has 308 valence electrons. The highest BCUT2D eigenvalue weighted by Crippen LogP contribution is 2.24. The predicted molar refractivity (Wildman–Crippen MR) is 208 cm³/mol. The van der Waals surface area contributed by atoms with E-state index in [1.165, 1.54) is 48.5 Å². The van der Waals surface area contributed by atoms with Gasteiger partial charge in [0.15, 0.2) is 12.6 Å². The van der Waals surface area contributed by atoms with E-state index in [2.05, 4.69) is 0 Å². The number of ether oxygens (including phenoxy) is 10. The Balaban J connectivity index is 1.20. The van der Waals surface area contributed by atoms with E-state index < -0.39 is 36.5 Å². The summed E-state index contributed by atoms with van der Waals surface area (Å²) in [4.78, 5) is 50.8. The van der Waals surface area contributed by atoms with Crippen LogP contribution < -0.4 is 9.47 Å². The first-order chi connectivity index (χ1) is 28.3. The monoisotopic (exact) mass is 800 g/mol. The Labute approximate surface area is 337 Å². The molecule has 14 heteroatoms. The molecular formula is C44H48O14. The topological polar surface area (TPSA) is 161 Å². The van der Waals surface area contributed by atoms with Gasteiger partial charge in [-0.05, 0) is 72.8 Å². The van der Waals surface area contributed by atoms with E-state index in [-0.39, 0.29) is 75.1 Å². The van der Waals surface area contributed by atoms with Crippen molar-refractivity contribution >= 4 is 23.9 Å². The van der Waals surface area contributed by atoms with E-state index in [0.29, 0.717) is 37.2 Å². The minimum absolute atomic E-state index is 0.0858. The lowest BCUT2D eigenvalue weighted by Crippen LogP contribution is -2.15. The van der Waals surface area contributed by atoms with Crippen molar-refractivity contribution in [1.82, 2.24) is 0 Å². The zero-order valence-corrected chi connectivity index (χ0v) is 32.6. The Morgan fingerprint density at radius 2 is 0.603 bits per heavy atom. The fourth-order valence-corrected chi connectivity index (χ4v) is 5.48. The maximum atomic E-state index is 12.7. The maximum absolute atomic E-state index is 12.7. The molecule has 4 aliphatic heterocycles. The highest BCUT2D eigenvalue weighted by atomic mass is 16.7. The number of hydrogen-bond acceptors (Lipinski definition) is 14. The van der Waals surface area contributed by atoms with Crippen LogP contribution >= 0.6 is 0 Å². The highest BCUT2D eigenvalue weighted by molar-refractivity contribution is 5.94. The van der Waals surface area contributed by atoms with Crippen LogP contribution in [-0.2, 0) is 37.9 Å². The van der Waals surface area contributed by atoms with Gasteiger partial charge in [-0.1, -0.05) is 24.3 Å². The van der Waals surface area contributed by atoms with Crippen LogP contribution in [0.4, 0.5) is 0 Å². The summed E-state index contributed by atoms with van der Waals surface area (Å²) in [7, 11) is 3.15. The van der Waals surface area contributed by atoms with Gasteiger partial charge >= 0.3 is 23.9 Å². The van der Waals surface area contributed by atoms with E-state index in [1.54, 1.807) is 38.5 Å². The minimum atomic E-state index is -0.740. The van der Waals surface area contributed by atoms with E-state index >= 15 is 0 Å². The third-order valence-corrected chi connectivity index (χ3v) is 8.65. The second kappa shape index (κ2) is 23.4. The van der Waals surface area contributed by atoms with Gasteiger partial charge in [-0.3, -0.25) is 0 Å². The van der Waals surface area contributed by atoms with Crippen molar-refractivity contribution in [3.05, 3.63) is 130 Å². The van der Waals surface area contributed by atoms with Crippen LogP contribution in [0.2, 0.25) is 0 Å². The average Bonchev–Trinajstić information content (AvgIpc) is 3.26. The summed E-state index contributed by atoms with van der Waals surface area (Å²) in [5, 5.41) is 0. The predicted octanol–water partition coefficient (Wildman–Crippen LogP) is 7.07. The van der Waals surface area contributed by atoms with Crippen molar-refractivity contribution in [3.63, 3.8) is 0 Å². The highest BCUT2D eigenvalue weighted by Gasteiger charge is 2.17. The van der Waals surface area contributed by atoms with Gasteiger partial charge in [0.1, 0.15) is 11.5 Å². The molecule has 0 atom stereocenters. The molecule has 0 aromatic heterocycles. The Morgan fingerprint density at radius 1 is 0.362 bits per heavy atom. The van der Waals surface area contributed by atoms with E-state index in [0.717, 1.165) is 11.1 Å². The van der Waals surface area contributed by atoms with Crippen LogP contribution in [0.15, 0.2) is 97.1 Å². The molecule has 4 aliphatic rings. The molecule has 0 spiro atoms. The van der Waals surface area contributed by atoms with Crippen LogP contribution in [0.5, 0.6) is 11.5 Å². The molecule has 0 N–H and O–H groups in total. The molecule has 4 aromatic rings. The molecule has 4 heterocycles. The lowest BCUT2D eigenvalue weighted by molar-refractivity contribution is -0.150. The molecule has 4 aromatic carbocycles. The smallest absolute Gasteiger partial charge is 0.338 e. The Hall–Kier alpha value is -5.80. The second-order valence-electron chi connectivity index (χ2n) is 12.8. The van der Waals surface area contributed by atoms with Crippen molar-refractivity contribution in [2.45, 2.75) is 38.3 Å². The van der Waals surface area contributed by atoms with Gasteiger partial charge in [-0.15, -0.1) is 0 Å². The lowest BCUT2D eigenvalue weighted by Gasteiger charge is -2.19. The largest absolute Gasteiger partial charge is 0.497 e. The van der Waals surface area contributed by atoms with Crippen LogP contribution in [0.25, 0.3) is 0 Å². The Bertz CT molecular complexity index is 1650. The van der Waals surface area contributed by atoms with Crippen molar-refractivity contribution in [2.24, 2.45) is 0 Å². The fraction of sp³-hybridized carbons (Fsp3) is 0.364. The first-order valence-electron chi connectivity index (χ1n) is 19.0. The summed E-state index contributed by atoms with van der Waals surface area (Å²) in [6, 6.07) is 26.5. The molecule has 0 saturated carbocycles. The maximum Gasteiger partial charge on any atom is 0.338 e. The first-order valence-corrected chi connectivity index (χ1v) is 19.0. The molecule has 0 saturated heterocycles. The molecule has 8 rings (SSSR count). The van der Waals surface area contributed by atoms with Crippen LogP contribution in [-0.4, -0.2) is 91.0 Å². The van der Waals surface area contributed by atoms with Crippen LogP contribution in [0, 0.1) is 0 Å². The van der Waals surface area contributed by atoms with Gasteiger partial charge in [-0.2, -0.15) is 0 Å². The van der Waals surface area contributed by atoms with Crippen LogP contribution in [0.1, 0.15) is 90.8 Å². The van der Waals surface area contributed by atoms with Gasteiger partial charge in [0, 0.05) is 36.8 Å². The summed E-state index contributed by atoms with van der Waals surface area (Å²) >= 11 is 0. The number of benzene rings is 4. The SMILES string of the molecule is COc1ccc(C2OCCCOC(=O)c3ccc(cc3)C(=O)OCCCOC(c3ccc(OC)cc3)OCCCOC(=O)c3ccc(cc3)C(=O)OCCCO2)cc1. The number of rotatable bonds is 4.